The largest absolute Gasteiger partial charge is 0.369 e. The number of halogens is 1. The number of benzene rings is 1. The minimum absolute atomic E-state index is 0.0673. The molecule has 0 aliphatic heterocycles. The summed E-state index contributed by atoms with van der Waals surface area (Å²) in [6.07, 6.45) is 3.34. The summed E-state index contributed by atoms with van der Waals surface area (Å²) in [5.41, 5.74) is 10.3. The maximum atomic E-state index is 13.6. The van der Waals surface area contributed by atoms with Crippen LogP contribution in [-0.2, 0) is 24.1 Å². The predicted molar refractivity (Wildman–Crippen MR) is 81.4 cm³/mol. The van der Waals surface area contributed by atoms with Crippen LogP contribution in [0.3, 0.4) is 0 Å². The number of aryl methyl sites for hydroxylation is 1. The standard InChI is InChI=1S/C16H14FN5O/c17-9-2-1-3-10(6-9)22-16-11(14(21-22)7-15(18)23)4-5-13-12(16)8-19-20-13/h1-3,6,8H,4-5,7H2,(H2,18,23)(H,19,20). The molecule has 6 nitrogen and oxygen atoms in total. The van der Waals surface area contributed by atoms with Gasteiger partial charge in [-0.3, -0.25) is 9.89 Å². The van der Waals surface area contributed by atoms with Gasteiger partial charge in [-0.2, -0.15) is 10.2 Å². The van der Waals surface area contributed by atoms with Crippen molar-refractivity contribution >= 4 is 5.91 Å². The van der Waals surface area contributed by atoms with Gasteiger partial charge in [0.25, 0.3) is 0 Å². The van der Waals surface area contributed by atoms with Gasteiger partial charge >= 0.3 is 0 Å². The summed E-state index contributed by atoms with van der Waals surface area (Å²) in [6.45, 7) is 0. The lowest BCUT2D eigenvalue weighted by atomic mass is 9.93. The van der Waals surface area contributed by atoms with Gasteiger partial charge in [0.1, 0.15) is 5.82 Å². The fourth-order valence-corrected chi connectivity index (χ4v) is 3.09. The van der Waals surface area contributed by atoms with Crippen molar-refractivity contribution in [2.24, 2.45) is 5.73 Å². The minimum Gasteiger partial charge on any atom is -0.369 e. The summed E-state index contributed by atoms with van der Waals surface area (Å²) >= 11 is 0. The number of nitrogens with one attached hydrogen (secondary N) is 1. The number of amides is 1. The fourth-order valence-electron chi connectivity index (χ4n) is 3.09. The number of nitrogens with two attached hydrogens (primary N) is 1. The van der Waals surface area contributed by atoms with Crippen molar-refractivity contribution in [3.63, 3.8) is 0 Å². The lowest BCUT2D eigenvalue weighted by Gasteiger charge is -2.14. The number of nitrogens with zero attached hydrogens (tertiary/aromatic N) is 3. The molecule has 3 N–H and O–H groups in total. The SMILES string of the molecule is NC(=O)Cc1nn(-c2cccc(F)c2)c2c1CCc1[nH]ncc1-2. The third-order valence-corrected chi connectivity index (χ3v) is 4.06. The average molecular weight is 311 g/mol. The van der Waals surface area contributed by atoms with Crippen molar-refractivity contribution in [3.05, 3.63) is 53.2 Å². The van der Waals surface area contributed by atoms with Crippen molar-refractivity contribution < 1.29 is 9.18 Å². The average Bonchev–Trinajstić information content (AvgIpc) is 3.11. The topological polar surface area (TPSA) is 89.6 Å². The molecular weight excluding hydrogens is 297 g/mol. The van der Waals surface area contributed by atoms with E-state index in [1.807, 2.05) is 0 Å². The second-order valence-corrected chi connectivity index (χ2v) is 5.57. The van der Waals surface area contributed by atoms with Crippen LogP contribution in [0.2, 0.25) is 0 Å². The van der Waals surface area contributed by atoms with E-state index in [-0.39, 0.29) is 12.2 Å². The molecule has 2 heterocycles. The fraction of sp³-hybridized carbons (Fsp3) is 0.188. The Labute approximate surface area is 131 Å². The van der Waals surface area contributed by atoms with E-state index in [0.717, 1.165) is 35.4 Å². The van der Waals surface area contributed by atoms with Crippen molar-refractivity contribution in [2.45, 2.75) is 19.3 Å². The number of hydrogen-bond donors (Lipinski definition) is 2. The molecule has 0 unspecified atom stereocenters. The zero-order chi connectivity index (χ0) is 16.0. The van der Waals surface area contributed by atoms with Gasteiger partial charge in [0.15, 0.2) is 0 Å². The lowest BCUT2D eigenvalue weighted by Crippen LogP contribution is -2.15. The molecule has 0 radical (unpaired) electrons. The Morgan fingerprint density at radius 1 is 1.39 bits per heavy atom. The molecule has 116 valence electrons. The van der Waals surface area contributed by atoms with Gasteiger partial charge < -0.3 is 5.73 Å². The quantitative estimate of drug-likeness (QED) is 0.768. The van der Waals surface area contributed by atoms with E-state index in [0.29, 0.717) is 11.4 Å². The third kappa shape index (κ3) is 2.21. The molecule has 1 aromatic carbocycles. The zero-order valence-corrected chi connectivity index (χ0v) is 12.2. The molecule has 4 rings (SSSR count). The maximum absolute atomic E-state index is 13.6. The van der Waals surface area contributed by atoms with E-state index in [4.69, 9.17) is 5.73 Å². The van der Waals surface area contributed by atoms with Gasteiger partial charge in [-0.05, 0) is 31.0 Å². The van der Waals surface area contributed by atoms with Crippen LogP contribution in [0.25, 0.3) is 16.9 Å². The van der Waals surface area contributed by atoms with Crippen LogP contribution in [0.1, 0.15) is 17.0 Å². The summed E-state index contributed by atoms with van der Waals surface area (Å²) in [5, 5.41) is 11.6. The highest BCUT2D eigenvalue weighted by atomic mass is 19.1. The van der Waals surface area contributed by atoms with Crippen molar-refractivity contribution in [1.29, 1.82) is 0 Å². The van der Waals surface area contributed by atoms with Gasteiger partial charge in [-0.25, -0.2) is 9.07 Å². The van der Waals surface area contributed by atoms with E-state index < -0.39 is 5.91 Å². The molecule has 0 fully saturated rings. The molecule has 0 saturated carbocycles. The molecule has 1 aliphatic rings. The van der Waals surface area contributed by atoms with Gasteiger partial charge in [0, 0.05) is 16.8 Å². The first-order valence-electron chi connectivity index (χ1n) is 7.31. The van der Waals surface area contributed by atoms with Crippen molar-refractivity contribution in [1.82, 2.24) is 20.0 Å². The molecular formula is C16H14FN5O. The first-order chi connectivity index (χ1) is 11.1. The number of carbonyl (C=O) groups is 1. The lowest BCUT2D eigenvalue weighted by molar-refractivity contribution is -0.117. The summed E-state index contributed by atoms with van der Waals surface area (Å²) in [4.78, 5) is 11.3. The molecule has 1 amide bonds. The molecule has 1 aliphatic carbocycles. The summed E-state index contributed by atoms with van der Waals surface area (Å²) in [5.74, 6) is -0.777. The number of aromatic nitrogens is 4. The number of hydrogen-bond acceptors (Lipinski definition) is 3. The molecule has 2 aromatic heterocycles. The smallest absolute Gasteiger partial charge is 0.223 e. The Kier molecular flexibility index (Phi) is 3.00. The van der Waals surface area contributed by atoms with Crippen LogP contribution in [0.4, 0.5) is 4.39 Å². The monoisotopic (exact) mass is 311 g/mol. The summed E-state index contributed by atoms with van der Waals surface area (Å²) in [6, 6.07) is 6.20. The van der Waals surface area contributed by atoms with Crippen molar-refractivity contribution in [3.8, 4) is 16.9 Å². The zero-order valence-electron chi connectivity index (χ0n) is 12.2. The highest BCUT2D eigenvalue weighted by molar-refractivity contribution is 5.79. The highest BCUT2D eigenvalue weighted by Crippen LogP contribution is 2.36. The third-order valence-electron chi connectivity index (χ3n) is 4.06. The van der Waals surface area contributed by atoms with E-state index in [1.165, 1.54) is 12.1 Å². The first-order valence-corrected chi connectivity index (χ1v) is 7.31. The Balaban J connectivity index is 1.96. The van der Waals surface area contributed by atoms with Crippen LogP contribution in [0, 0.1) is 5.82 Å². The predicted octanol–water partition coefficient (Wildman–Crippen LogP) is 1.53. The van der Waals surface area contributed by atoms with Gasteiger partial charge in [0.2, 0.25) is 5.91 Å². The van der Waals surface area contributed by atoms with Crippen LogP contribution < -0.4 is 5.73 Å². The van der Waals surface area contributed by atoms with Crippen LogP contribution in [0.15, 0.2) is 30.5 Å². The Morgan fingerprint density at radius 2 is 2.26 bits per heavy atom. The van der Waals surface area contributed by atoms with Crippen LogP contribution >= 0.6 is 0 Å². The molecule has 7 heteroatoms. The van der Waals surface area contributed by atoms with E-state index in [2.05, 4.69) is 15.3 Å². The molecule has 23 heavy (non-hydrogen) atoms. The number of fused-ring (bicyclic) bond motifs is 3. The molecule has 0 atom stereocenters. The van der Waals surface area contributed by atoms with Crippen LogP contribution in [0.5, 0.6) is 0 Å². The normalized spacial score (nSPS) is 12.7. The minimum atomic E-state index is -0.435. The number of H-pyrrole nitrogens is 1. The molecule has 0 bridgehead atoms. The van der Waals surface area contributed by atoms with Crippen LogP contribution in [-0.4, -0.2) is 25.9 Å². The molecule has 0 spiro atoms. The number of carbonyl (C=O) groups excluding carboxylic acids is 1. The first kappa shape index (κ1) is 13.7. The Bertz CT molecular complexity index is 911. The molecule has 0 saturated heterocycles. The Morgan fingerprint density at radius 3 is 3.04 bits per heavy atom. The van der Waals surface area contributed by atoms with Gasteiger partial charge in [0.05, 0.1) is 29.7 Å². The molecule has 3 aromatic rings. The number of primary amides is 1. The van der Waals surface area contributed by atoms with Gasteiger partial charge in [-0.15, -0.1) is 0 Å². The van der Waals surface area contributed by atoms with E-state index >= 15 is 0 Å². The second kappa shape index (κ2) is 5.05. The maximum Gasteiger partial charge on any atom is 0.223 e. The summed E-state index contributed by atoms with van der Waals surface area (Å²) in [7, 11) is 0. The number of rotatable bonds is 3. The van der Waals surface area contributed by atoms with E-state index in [9.17, 15) is 9.18 Å². The summed E-state index contributed by atoms with van der Waals surface area (Å²) < 4.78 is 15.3. The van der Waals surface area contributed by atoms with Crippen molar-refractivity contribution in [2.75, 3.05) is 0 Å². The van der Waals surface area contributed by atoms with Gasteiger partial charge in [-0.1, -0.05) is 6.07 Å². The number of aromatic amines is 1. The Hall–Kier alpha value is -2.96. The highest BCUT2D eigenvalue weighted by Gasteiger charge is 2.27. The van der Waals surface area contributed by atoms with E-state index in [1.54, 1.807) is 23.0 Å². The second-order valence-electron chi connectivity index (χ2n) is 5.57.